The summed E-state index contributed by atoms with van der Waals surface area (Å²) in [7, 11) is -0.116. The third kappa shape index (κ3) is 3.80. The van der Waals surface area contributed by atoms with E-state index in [1.54, 1.807) is 0 Å². The van der Waals surface area contributed by atoms with Gasteiger partial charge >= 0.3 is 0 Å². The maximum absolute atomic E-state index is 3.72. The Morgan fingerprint density at radius 1 is 1.71 bits per heavy atom. The smallest absolute Gasteiger partial charge is 0.0717 e. The van der Waals surface area contributed by atoms with Crippen molar-refractivity contribution in [2.24, 2.45) is 0 Å². The SMILES string of the molecule is C=C[Si](C)CCC. The van der Waals surface area contributed by atoms with E-state index >= 15 is 0 Å². The largest absolute Gasteiger partial charge is 0.107 e. The second-order valence-corrected chi connectivity index (χ2v) is 4.40. The molecule has 0 aliphatic carbocycles. The standard InChI is InChI=1S/C6H13Si/c1-4-6-7(3)5-2/h5H,2,4,6H2,1,3H3. The lowest BCUT2D eigenvalue weighted by molar-refractivity contribution is 1.07. The van der Waals surface area contributed by atoms with E-state index in [-0.39, 0.29) is 8.80 Å². The van der Waals surface area contributed by atoms with Gasteiger partial charge in [-0.1, -0.05) is 25.9 Å². The highest BCUT2D eigenvalue weighted by Gasteiger charge is 1.92. The van der Waals surface area contributed by atoms with Crippen LogP contribution in [0.25, 0.3) is 0 Å². The van der Waals surface area contributed by atoms with E-state index < -0.39 is 0 Å². The maximum Gasteiger partial charge on any atom is 0.0717 e. The van der Waals surface area contributed by atoms with Crippen LogP contribution in [-0.4, -0.2) is 8.80 Å². The number of rotatable bonds is 3. The van der Waals surface area contributed by atoms with Crippen molar-refractivity contribution in [3.8, 4) is 0 Å². The lowest BCUT2D eigenvalue weighted by atomic mass is 10.6. The maximum atomic E-state index is 3.72. The van der Waals surface area contributed by atoms with Gasteiger partial charge in [0.25, 0.3) is 0 Å². The molecule has 0 amide bonds. The first-order valence-electron chi connectivity index (χ1n) is 2.76. The molecule has 41 valence electrons. The Labute approximate surface area is 47.9 Å². The molecule has 0 aromatic heterocycles. The van der Waals surface area contributed by atoms with E-state index in [2.05, 4.69) is 25.7 Å². The average Bonchev–Trinajstić information content (AvgIpc) is 1.68. The van der Waals surface area contributed by atoms with E-state index in [0.29, 0.717) is 0 Å². The van der Waals surface area contributed by atoms with E-state index in [0.717, 1.165) is 0 Å². The summed E-state index contributed by atoms with van der Waals surface area (Å²) < 4.78 is 0. The molecule has 0 aromatic rings. The first-order valence-corrected chi connectivity index (χ1v) is 5.04. The molecule has 0 aromatic carbocycles. The fraction of sp³-hybridized carbons (Fsp3) is 0.667. The van der Waals surface area contributed by atoms with Crippen LogP contribution in [0.3, 0.4) is 0 Å². The quantitative estimate of drug-likeness (QED) is 0.492. The molecule has 0 rings (SSSR count). The van der Waals surface area contributed by atoms with Gasteiger partial charge in [0.05, 0.1) is 8.80 Å². The van der Waals surface area contributed by atoms with Gasteiger partial charge in [-0.3, -0.25) is 0 Å². The predicted molar refractivity (Wildman–Crippen MR) is 36.9 cm³/mol. The molecule has 0 saturated heterocycles. The van der Waals surface area contributed by atoms with E-state index in [1.165, 1.54) is 12.5 Å². The molecule has 0 fully saturated rings. The minimum atomic E-state index is -0.116. The van der Waals surface area contributed by atoms with Crippen molar-refractivity contribution in [2.75, 3.05) is 0 Å². The topological polar surface area (TPSA) is 0 Å². The molecule has 7 heavy (non-hydrogen) atoms. The highest BCUT2D eigenvalue weighted by molar-refractivity contribution is 6.62. The summed E-state index contributed by atoms with van der Waals surface area (Å²) in [5.74, 6) is 0. The molecule has 0 aliphatic rings. The van der Waals surface area contributed by atoms with Crippen LogP contribution in [0.5, 0.6) is 0 Å². The summed E-state index contributed by atoms with van der Waals surface area (Å²) in [6, 6.07) is 1.38. The van der Waals surface area contributed by atoms with Crippen molar-refractivity contribution >= 4 is 8.80 Å². The van der Waals surface area contributed by atoms with Crippen molar-refractivity contribution in [1.29, 1.82) is 0 Å². The summed E-state index contributed by atoms with van der Waals surface area (Å²) >= 11 is 0. The third-order valence-corrected chi connectivity index (χ3v) is 2.98. The third-order valence-electron chi connectivity index (χ3n) is 0.993. The van der Waals surface area contributed by atoms with Crippen LogP contribution < -0.4 is 0 Å². The van der Waals surface area contributed by atoms with Gasteiger partial charge in [-0.25, -0.2) is 0 Å². The first kappa shape index (κ1) is 6.96. The van der Waals surface area contributed by atoms with Gasteiger partial charge in [-0.05, 0) is 0 Å². The number of hydrogen-bond acceptors (Lipinski definition) is 0. The normalized spacial score (nSPS) is 9.57. The Hall–Kier alpha value is -0.0431. The van der Waals surface area contributed by atoms with Crippen molar-refractivity contribution in [2.45, 2.75) is 25.9 Å². The zero-order valence-corrected chi connectivity index (χ0v) is 6.20. The van der Waals surface area contributed by atoms with E-state index in [4.69, 9.17) is 0 Å². The minimum Gasteiger partial charge on any atom is -0.107 e. The Kier molecular flexibility index (Phi) is 4.10. The molecule has 0 N–H and O–H groups in total. The molecule has 1 heteroatoms. The molecule has 0 spiro atoms. The minimum absolute atomic E-state index is 0.116. The summed E-state index contributed by atoms with van der Waals surface area (Å²) in [6.45, 7) is 8.24. The zero-order valence-electron chi connectivity index (χ0n) is 5.20. The van der Waals surface area contributed by atoms with Crippen LogP contribution in [0.4, 0.5) is 0 Å². The fourth-order valence-electron chi connectivity index (χ4n) is 0.496. The molecule has 0 unspecified atom stereocenters. The van der Waals surface area contributed by atoms with Gasteiger partial charge in [-0.2, -0.15) is 0 Å². The Bertz CT molecular complexity index is 50.1. The summed E-state index contributed by atoms with van der Waals surface area (Å²) in [6.07, 6.45) is 1.32. The number of hydrogen-bond donors (Lipinski definition) is 0. The van der Waals surface area contributed by atoms with E-state index in [9.17, 15) is 0 Å². The van der Waals surface area contributed by atoms with Crippen molar-refractivity contribution < 1.29 is 0 Å². The van der Waals surface area contributed by atoms with Gasteiger partial charge in [0, 0.05) is 0 Å². The van der Waals surface area contributed by atoms with Gasteiger partial charge in [-0.15, -0.1) is 12.3 Å². The van der Waals surface area contributed by atoms with E-state index in [1.807, 2.05) is 0 Å². The van der Waals surface area contributed by atoms with Crippen molar-refractivity contribution in [1.82, 2.24) is 0 Å². The van der Waals surface area contributed by atoms with Crippen molar-refractivity contribution in [3.63, 3.8) is 0 Å². The van der Waals surface area contributed by atoms with Crippen LogP contribution in [-0.2, 0) is 0 Å². The summed E-state index contributed by atoms with van der Waals surface area (Å²) in [5, 5.41) is 0. The van der Waals surface area contributed by atoms with Crippen molar-refractivity contribution in [3.05, 3.63) is 12.3 Å². The molecule has 0 saturated carbocycles. The average molecular weight is 113 g/mol. The van der Waals surface area contributed by atoms with Crippen LogP contribution in [0.1, 0.15) is 13.3 Å². The lowest BCUT2D eigenvalue weighted by Gasteiger charge is -1.95. The van der Waals surface area contributed by atoms with Gasteiger partial charge in [0.2, 0.25) is 0 Å². The monoisotopic (exact) mass is 113 g/mol. The Morgan fingerprint density at radius 3 is 2.43 bits per heavy atom. The van der Waals surface area contributed by atoms with Gasteiger partial charge in [0.15, 0.2) is 0 Å². The molecule has 0 heterocycles. The second-order valence-electron chi connectivity index (χ2n) is 1.80. The first-order chi connectivity index (χ1) is 3.31. The lowest BCUT2D eigenvalue weighted by Crippen LogP contribution is -1.98. The van der Waals surface area contributed by atoms with Crippen LogP contribution in [0.2, 0.25) is 12.6 Å². The van der Waals surface area contributed by atoms with Crippen LogP contribution in [0.15, 0.2) is 12.3 Å². The summed E-state index contributed by atoms with van der Waals surface area (Å²) in [4.78, 5) is 0. The highest BCUT2D eigenvalue weighted by Crippen LogP contribution is 1.95. The second kappa shape index (κ2) is 4.12. The highest BCUT2D eigenvalue weighted by atomic mass is 28.3. The molecule has 0 bridgehead atoms. The molecular weight excluding hydrogens is 100 g/mol. The Morgan fingerprint density at radius 2 is 2.29 bits per heavy atom. The molecule has 1 radical (unpaired) electrons. The predicted octanol–water partition coefficient (Wildman–Crippen LogP) is 2.25. The molecule has 0 aliphatic heterocycles. The summed E-state index contributed by atoms with van der Waals surface area (Å²) in [5.41, 5.74) is 2.11. The zero-order chi connectivity index (χ0) is 5.70. The molecule has 0 atom stereocenters. The fourth-order valence-corrected chi connectivity index (χ4v) is 1.49. The molecule has 0 nitrogen and oxygen atoms in total. The van der Waals surface area contributed by atoms with Crippen LogP contribution in [0, 0.1) is 0 Å². The van der Waals surface area contributed by atoms with Gasteiger partial charge in [0.1, 0.15) is 0 Å². The Balaban J connectivity index is 2.98. The van der Waals surface area contributed by atoms with Gasteiger partial charge < -0.3 is 0 Å². The molecular formula is C6H13Si. The van der Waals surface area contributed by atoms with Crippen LogP contribution >= 0.6 is 0 Å².